The molecule has 0 spiro atoms. The standard InChI is InChI=1S/C27H20OS/c28-27(20-10-2-1-3-11-20)25-21-12-6-4-8-18(21)14-16-23(25)29-24-17-15-19-9-5-7-13-22(19)26(24)27/h1-17,23,25,28H. The van der Waals surface area contributed by atoms with Crippen molar-refractivity contribution in [1.29, 1.82) is 0 Å². The lowest BCUT2D eigenvalue weighted by molar-refractivity contribution is 0.0479. The van der Waals surface area contributed by atoms with Gasteiger partial charge in [0.1, 0.15) is 5.60 Å². The van der Waals surface area contributed by atoms with Crippen molar-refractivity contribution in [2.45, 2.75) is 21.7 Å². The molecule has 1 N–H and O–H groups in total. The van der Waals surface area contributed by atoms with Gasteiger partial charge in [0.15, 0.2) is 0 Å². The first-order chi connectivity index (χ1) is 14.3. The maximum Gasteiger partial charge on any atom is 0.124 e. The Labute approximate surface area is 174 Å². The quantitative estimate of drug-likeness (QED) is 0.407. The van der Waals surface area contributed by atoms with E-state index in [1.165, 1.54) is 21.4 Å². The molecule has 0 saturated heterocycles. The predicted octanol–water partition coefficient (Wildman–Crippen LogP) is 6.36. The van der Waals surface area contributed by atoms with Gasteiger partial charge in [-0.25, -0.2) is 0 Å². The molecular weight excluding hydrogens is 372 g/mol. The lowest BCUT2D eigenvalue weighted by Gasteiger charge is -2.47. The van der Waals surface area contributed by atoms with Crippen LogP contribution in [0.4, 0.5) is 0 Å². The zero-order valence-electron chi connectivity index (χ0n) is 15.8. The summed E-state index contributed by atoms with van der Waals surface area (Å²) < 4.78 is 0. The van der Waals surface area contributed by atoms with Gasteiger partial charge in [-0.2, -0.15) is 0 Å². The van der Waals surface area contributed by atoms with Crippen molar-refractivity contribution >= 4 is 28.6 Å². The summed E-state index contributed by atoms with van der Waals surface area (Å²) in [4.78, 5) is 1.17. The molecule has 140 valence electrons. The summed E-state index contributed by atoms with van der Waals surface area (Å²) in [5, 5.41) is 15.2. The van der Waals surface area contributed by atoms with Crippen LogP contribution in [0.25, 0.3) is 16.8 Å². The van der Waals surface area contributed by atoms with E-state index in [4.69, 9.17) is 0 Å². The molecule has 0 amide bonds. The van der Waals surface area contributed by atoms with Crippen molar-refractivity contribution in [2.75, 3.05) is 0 Å². The molecule has 3 unspecified atom stereocenters. The number of benzene rings is 4. The molecular formula is C27H20OS. The minimum atomic E-state index is -1.10. The zero-order chi connectivity index (χ0) is 19.4. The van der Waals surface area contributed by atoms with Crippen molar-refractivity contribution in [1.82, 2.24) is 0 Å². The fraction of sp³-hybridized carbons (Fsp3) is 0.111. The highest BCUT2D eigenvalue weighted by molar-refractivity contribution is 8.00. The van der Waals surface area contributed by atoms with E-state index in [2.05, 4.69) is 84.9 Å². The number of hydrogen-bond acceptors (Lipinski definition) is 2. The molecule has 1 heterocycles. The number of rotatable bonds is 1. The summed E-state index contributed by atoms with van der Waals surface area (Å²) in [6, 6.07) is 31.5. The van der Waals surface area contributed by atoms with Gasteiger partial charge in [0.05, 0.1) is 0 Å². The SMILES string of the molecule is OC1(c2ccccc2)c2c(ccc3ccccc23)SC2C=Cc3ccccc3C21. The Bertz CT molecular complexity index is 1260. The van der Waals surface area contributed by atoms with Crippen LogP contribution in [-0.2, 0) is 5.60 Å². The molecule has 1 nitrogen and oxygen atoms in total. The summed E-state index contributed by atoms with van der Waals surface area (Å²) in [6.45, 7) is 0. The maximum absolute atomic E-state index is 12.7. The van der Waals surface area contributed by atoms with Crippen LogP contribution in [0.2, 0.25) is 0 Å². The highest BCUT2D eigenvalue weighted by Gasteiger charge is 2.51. The first-order valence-electron chi connectivity index (χ1n) is 10.0. The Balaban J connectivity index is 1.74. The molecule has 1 aliphatic heterocycles. The van der Waals surface area contributed by atoms with Crippen LogP contribution < -0.4 is 0 Å². The first-order valence-corrected chi connectivity index (χ1v) is 10.9. The second-order valence-corrected chi connectivity index (χ2v) is 9.06. The summed E-state index contributed by atoms with van der Waals surface area (Å²) in [6.07, 6.45) is 4.48. The molecule has 4 aromatic rings. The Morgan fingerprint density at radius 2 is 1.52 bits per heavy atom. The summed E-state index contributed by atoms with van der Waals surface area (Å²) >= 11 is 1.87. The van der Waals surface area contributed by atoms with Crippen LogP contribution in [0.15, 0.2) is 102 Å². The van der Waals surface area contributed by atoms with Gasteiger partial charge in [0.25, 0.3) is 0 Å². The summed E-state index contributed by atoms with van der Waals surface area (Å²) in [7, 11) is 0. The molecule has 4 aromatic carbocycles. The van der Waals surface area contributed by atoms with E-state index >= 15 is 0 Å². The van der Waals surface area contributed by atoms with Gasteiger partial charge in [-0.1, -0.05) is 97.1 Å². The third-order valence-electron chi connectivity index (χ3n) is 6.32. The zero-order valence-corrected chi connectivity index (χ0v) is 16.6. The van der Waals surface area contributed by atoms with Gasteiger partial charge in [-0.3, -0.25) is 0 Å². The molecule has 0 radical (unpaired) electrons. The largest absolute Gasteiger partial charge is 0.380 e. The summed E-state index contributed by atoms with van der Waals surface area (Å²) in [5.41, 5.74) is 3.31. The second-order valence-electron chi connectivity index (χ2n) is 7.84. The molecule has 0 bridgehead atoms. The van der Waals surface area contributed by atoms with Crippen molar-refractivity contribution in [3.8, 4) is 0 Å². The molecule has 0 saturated carbocycles. The molecule has 3 atom stereocenters. The van der Waals surface area contributed by atoms with Crippen LogP contribution in [0.3, 0.4) is 0 Å². The third kappa shape index (κ3) is 2.40. The monoisotopic (exact) mass is 392 g/mol. The minimum absolute atomic E-state index is 0.0468. The van der Waals surface area contributed by atoms with Gasteiger partial charge in [-0.15, -0.1) is 11.8 Å². The van der Waals surface area contributed by atoms with Crippen molar-refractivity contribution in [3.63, 3.8) is 0 Å². The van der Waals surface area contributed by atoms with E-state index in [1.54, 1.807) is 0 Å². The Morgan fingerprint density at radius 1 is 0.759 bits per heavy atom. The first kappa shape index (κ1) is 17.1. The molecule has 1 aliphatic carbocycles. The van der Waals surface area contributed by atoms with Gasteiger partial charge in [-0.05, 0) is 33.5 Å². The van der Waals surface area contributed by atoms with Crippen LogP contribution in [0.5, 0.6) is 0 Å². The average molecular weight is 393 g/mol. The Hall–Kier alpha value is -2.81. The highest BCUT2D eigenvalue weighted by Crippen LogP contribution is 2.59. The molecule has 0 aromatic heterocycles. The normalized spacial score (nSPS) is 24.6. The predicted molar refractivity (Wildman–Crippen MR) is 121 cm³/mol. The fourth-order valence-corrected chi connectivity index (χ4v) is 6.52. The molecule has 6 rings (SSSR count). The van der Waals surface area contributed by atoms with E-state index < -0.39 is 5.60 Å². The number of thioether (sulfide) groups is 1. The lowest BCUT2D eigenvalue weighted by Crippen LogP contribution is -2.44. The average Bonchev–Trinajstić information content (AvgIpc) is 2.79. The number of hydrogen-bond donors (Lipinski definition) is 1. The van der Waals surface area contributed by atoms with Gasteiger partial charge in [0, 0.05) is 21.6 Å². The van der Waals surface area contributed by atoms with Crippen LogP contribution in [-0.4, -0.2) is 10.4 Å². The van der Waals surface area contributed by atoms with E-state index in [-0.39, 0.29) is 11.2 Å². The lowest BCUT2D eigenvalue weighted by atomic mass is 9.67. The van der Waals surface area contributed by atoms with E-state index in [1.807, 2.05) is 30.0 Å². The number of fused-ring (bicyclic) bond motifs is 6. The van der Waals surface area contributed by atoms with E-state index in [0.717, 1.165) is 16.5 Å². The van der Waals surface area contributed by atoms with Crippen molar-refractivity contribution in [3.05, 3.63) is 119 Å². The van der Waals surface area contributed by atoms with E-state index in [9.17, 15) is 5.11 Å². The summed E-state index contributed by atoms with van der Waals surface area (Å²) in [5.74, 6) is -0.0468. The Morgan fingerprint density at radius 3 is 2.41 bits per heavy atom. The maximum atomic E-state index is 12.7. The minimum Gasteiger partial charge on any atom is -0.380 e. The van der Waals surface area contributed by atoms with Crippen molar-refractivity contribution in [2.24, 2.45) is 0 Å². The van der Waals surface area contributed by atoms with Crippen LogP contribution in [0, 0.1) is 0 Å². The third-order valence-corrected chi connectivity index (χ3v) is 7.62. The molecule has 2 aliphatic rings. The van der Waals surface area contributed by atoms with Gasteiger partial charge >= 0.3 is 0 Å². The van der Waals surface area contributed by atoms with Crippen LogP contribution in [0.1, 0.15) is 28.2 Å². The van der Waals surface area contributed by atoms with Gasteiger partial charge < -0.3 is 5.11 Å². The van der Waals surface area contributed by atoms with E-state index in [0.29, 0.717) is 0 Å². The fourth-order valence-electron chi connectivity index (χ4n) is 5.06. The molecule has 29 heavy (non-hydrogen) atoms. The van der Waals surface area contributed by atoms with Gasteiger partial charge in [0.2, 0.25) is 0 Å². The molecule has 0 fully saturated rings. The number of aliphatic hydroxyl groups is 1. The Kier molecular flexibility index (Phi) is 3.74. The molecule has 2 heteroatoms. The second kappa shape index (κ2) is 6.35. The topological polar surface area (TPSA) is 20.2 Å². The highest BCUT2D eigenvalue weighted by atomic mass is 32.2. The van der Waals surface area contributed by atoms with Crippen molar-refractivity contribution < 1.29 is 5.11 Å². The smallest absolute Gasteiger partial charge is 0.124 e. The van der Waals surface area contributed by atoms with Crippen LogP contribution >= 0.6 is 11.8 Å².